The molecular weight excluding hydrogens is 278 g/mol. The molecule has 0 radical (unpaired) electrons. The van der Waals surface area contributed by atoms with Crippen LogP contribution in [0.1, 0.15) is 24.8 Å². The molecule has 0 saturated carbocycles. The van der Waals surface area contributed by atoms with Crippen molar-refractivity contribution in [2.75, 3.05) is 5.32 Å². The zero-order valence-electron chi connectivity index (χ0n) is 12.3. The zero-order chi connectivity index (χ0) is 14.7. The first kappa shape index (κ1) is 13.9. The first-order valence-corrected chi connectivity index (χ1v) is 8.01. The summed E-state index contributed by atoms with van der Waals surface area (Å²) in [6.45, 7) is 5.09. The van der Waals surface area contributed by atoms with Gasteiger partial charge in [-0.15, -0.1) is 11.3 Å². The fraction of sp³-hybridized carbons (Fsp3) is 0.235. The van der Waals surface area contributed by atoms with Crippen molar-refractivity contribution in [1.82, 2.24) is 9.78 Å². The quantitative estimate of drug-likeness (QED) is 0.732. The minimum atomic E-state index is 0.395. The van der Waals surface area contributed by atoms with E-state index in [4.69, 9.17) is 0 Å². The molecule has 108 valence electrons. The molecule has 3 nitrogen and oxygen atoms in total. The molecule has 0 saturated heterocycles. The SMILES string of the molecule is CC(C)n1cc(NCc2cc(-c3ccccc3)cs2)cn1. The summed E-state index contributed by atoms with van der Waals surface area (Å²) in [6.07, 6.45) is 3.93. The molecule has 0 atom stereocenters. The van der Waals surface area contributed by atoms with Crippen molar-refractivity contribution < 1.29 is 0 Å². The first-order valence-electron chi connectivity index (χ1n) is 7.13. The third kappa shape index (κ3) is 3.34. The molecule has 1 N–H and O–H groups in total. The van der Waals surface area contributed by atoms with Crippen molar-refractivity contribution >= 4 is 17.0 Å². The maximum atomic E-state index is 4.34. The van der Waals surface area contributed by atoms with E-state index in [0.29, 0.717) is 6.04 Å². The minimum absolute atomic E-state index is 0.395. The molecule has 0 amide bonds. The van der Waals surface area contributed by atoms with Gasteiger partial charge in [-0.25, -0.2) is 0 Å². The van der Waals surface area contributed by atoms with Crippen LogP contribution in [0.25, 0.3) is 11.1 Å². The van der Waals surface area contributed by atoms with Crippen LogP contribution in [0, 0.1) is 0 Å². The van der Waals surface area contributed by atoms with E-state index in [0.717, 1.165) is 12.2 Å². The fourth-order valence-corrected chi connectivity index (χ4v) is 2.99. The normalized spacial score (nSPS) is 11.0. The number of nitrogens with zero attached hydrogens (tertiary/aromatic N) is 2. The Morgan fingerprint density at radius 3 is 2.71 bits per heavy atom. The Kier molecular flexibility index (Phi) is 4.06. The van der Waals surface area contributed by atoms with Gasteiger partial charge in [0.1, 0.15) is 0 Å². The van der Waals surface area contributed by atoms with Crippen LogP contribution in [0.2, 0.25) is 0 Å². The Hall–Kier alpha value is -2.07. The standard InChI is InChI=1S/C17H19N3S/c1-13(2)20-11-16(9-19-20)18-10-17-8-15(12-21-17)14-6-4-3-5-7-14/h3-9,11-13,18H,10H2,1-2H3. The number of rotatable bonds is 5. The van der Waals surface area contributed by atoms with Crippen molar-refractivity contribution in [3.8, 4) is 11.1 Å². The van der Waals surface area contributed by atoms with Crippen LogP contribution in [-0.4, -0.2) is 9.78 Å². The second-order valence-corrected chi connectivity index (χ2v) is 6.32. The topological polar surface area (TPSA) is 29.9 Å². The third-order valence-corrected chi connectivity index (χ3v) is 4.29. The van der Waals surface area contributed by atoms with Gasteiger partial charge in [0.2, 0.25) is 0 Å². The Bertz CT molecular complexity index is 698. The smallest absolute Gasteiger partial charge is 0.0729 e. The lowest BCUT2D eigenvalue weighted by atomic mass is 10.1. The Morgan fingerprint density at radius 1 is 1.19 bits per heavy atom. The van der Waals surface area contributed by atoms with Crippen LogP contribution < -0.4 is 5.32 Å². The molecule has 3 rings (SSSR count). The summed E-state index contributed by atoms with van der Waals surface area (Å²) in [5, 5.41) is 9.98. The van der Waals surface area contributed by atoms with E-state index in [9.17, 15) is 0 Å². The van der Waals surface area contributed by atoms with Crippen LogP contribution in [-0.2, 0) is 6.54 Å². The molecule has 21 heavy (non-hydrogen) atoms. The second-order valence-electron chi connectivity index (χ2n) is 5.32. The molecule has 0 bridgehead atoms. The van der Waals surface area contributed by atoms with Crippen molar-refractivity contribution in [2.45, 2.75) is 26.4 Å². The van der Waals surface area contributed by atoms with E-state index in [1.165, 1.54) is 16.0 Å². The summed E-state index contributed by atoms with van der Waals surface area (Å²) in [5.41, 5.74) is 3.63. The van der Waals surface area contributed by atoms with Crippen molar-refractivity contribution in [2.24, 2.45) is 0 Å². The molecule has 0 unspecified atom stereocenters. The lowest BCUT2D eigenvalue weighted by Gasteiger charge is -2.03. The molecule has 0 spiro atoms. The van der Waals surface area contributed by atoms with E-state index in [2.05, 4.69) is 66.2 Å². The van der Waals surface area contributed by atoms with Crippen LogP contribution in [0.3, 0.4) is 0 Å². The van der Waals surface area contributed by atoms with Gasteiger partial charge in [0.05, 0.1) is 11.9 Å². The van der Waals surface area contributed by atoms with Crippen molar-refractivity contribution in [1.29, 1.82) is 0 Å². The monoisotopic (exact) mass is 297 g/mol. The summed E-state index contributed by atoms with van der Waals surface area (Å²) in [4.78, 5) is 1.33. The van der Waals surface area contributed by atoms with E-state index < -0.39 is 0 Å². The zero-order valence-corrected chi connectivity index (χ0v) is 13.1. The average molecular weight is 297 g/mol. The van der Waals surface area contributed by atoms with E-state index in [1.807, 2.05) is 16.9 Å². The Morgan fingerprint density at radius 2 is 2.00 bits per heavy atom. The van der Waals surface area contributed by atoms with Gasteiger partial charge >= 0.3 is 0 Å². The number of anilines is 1. The summed E-state index contributed by atoms with van der Waals surface area (Å²) < 4.78 is 1.96. The predicted molar refractivity (Wildman–Crippen MR) is 89.7 cm³/mol. The third-order valence-electron chi connectivity index (χ3n) is 3.36. The summed E-state index contributed by atoms with van der Waals surface area (Å²) in [5.74, 6) is 0. The van der Waals surface area contributed by atoms with Gasteiger partial charge < -0.3 is 5.32 Å². The summed E-state index contributed by atoms with van der Waals surface area (Å²) >= 11 is 1.79. The van der Waals surface area contributed by atoms with Crippen LogP contribution in [0.15, 0.2) is 54.2 Å². The van der Waals surface area contributed by atoms with Crippen molar-refractivity contribution in [3.05, 3.63) is 59.0 Å². The largest absolute Gasteiger partial charge is 0.378 e. The molecule has 4 heteroatoms. The minimum Gasteiger partial charge on any atom is -0.378 e. The fourth-order valence-electron chi connectivity index (χ4n) is 2.16. The van der Waals surface area contributed by atoms with Gasteiger partial charge in [-0.1, -0.05) is 30.3 Å². The highest BCUT2D eigenvalue weighted by molar-refractivity contribution is 7.10. The molecule has 0 aliphatic heterocycles. The van der Waals surface area contributed by atoms with Crippen molar-refractivity contribution in [3.63, 3.8) is 0 Å². The number of thiophene rings is 1. The molecule has 0 aliphatic carbocycles. The number of hydrogen-bond donors (Lipinski definition) is 1. The Labute approximate surface area is 129 Å². The number of benzene rings is 1. The molecule has 2 aromatic heterocycles. The Balaban J connectivity index is 1.65. The van der Waals surface area contributed by atoms with Gasteiger partial charge in [0.15, 0.2) is 0 Å². The van der Waals surface area contributed by atoms with Crippen LogP contribution in [0.5, 0.6) is 0 Å². The average Bonchev–Trinajstić information content (AvgIpc) is 3.15. The molecule has 3 aromatic rings. The molecule has 0 fully saturated rings. The van der Waals surface area contributed by atoms with Crippen LogP contribution in [0.4, 0.5) is 5.69 Å². The second kappa shape index (κ2) is 6.14. The summed E-state index contributed by atoms with van der Waals surface area (Å²) in [7, 11) is 0. The summed E-state index contributed by atoms with van der Waals surface area (Å²) in [6, 6.07) is 13.1. The number of aromatic nitrogens is 2. The maximum Gasteiger partial charge on any atom is 0.0729 e. The number of nitrogens with one attached hydrogen (secondary N) is 1. The highest BCUT2D eigenvalue weighted by Crippen LogP contribution is 2.26. The van der Waals surface area contributed by atoms with Gasteiger partial charge in [-0.05, 0) is 36.4 Å². The maximum absolute atomic E-state index is 4.34. The van der Waals surface area contributed by atoms with Crippen LogP contribution >= 0.6 is 11.3 Å². The van der Waals surface area contributed by atoms with Gasteiger partial charge in [0.25, 0.3) is 0 Å². The van der Waals surface area contributed by atoms with Gasteiger partial charge in [0, 0.05) is 23.7 Å². The molecule has 0 aliphatic rings. The number of hydrogen-bond acceptors (Lipinski definition) is 3. The lowest BCUT2D eigenvalue weighted by Crippen LogP contribution is -2.00. The first-order chi connectivity index (χ1) is 10.2. The highest BCUT2D eigenvalue weighted by Gasteiger charge is 2.04. The van der Waals surface area contributed by atoms with Gasteiger partial charge in [-0.3, -0.25) is 4.68 Å². The molecule has 1 aromatic carbocycles. The highest BCUT2D eigenvalue weighted by atomic mass is 32.1. The predicted octanol–water partition coefficient (Wildman–Crippen LogP) is 4.80. The van der Waals surface area contributed by atoms with E-state index in [-0.39, 0.29) is 0 Å². The van der Waals surface area contributed by atoms with E-state index >= 15 is 0 Å². The lowest BCUT2D eigenvalue weighted by molar-refractivity contribution is 0.532. The van der Waals surface area contributed by atoms with E-state index in [1.54, 1.807) is 11.3 Å². The molecule has 2 heterocycles. The molecular formula is C17H19N3S. The van der Waals surface area contributed by atoms with Gasteiger partial charge in [-0.2, -0.15) is 5.10 Å².